The van der Waals surface area contributed by atoms with E-state index < -0.39 is 35.2 Å². The van der Waals surface area contributed by atoms with E-state index in [-0.39, 0.29) is 32.7 Å². The molecule has 0 aromatic carbocycles. The molecule has 0 aliphatic carbocycles. The first kappa shape index (κ1) is 29.1. The predicted octanol–water partition coefficient (Wildman–Crippen LogP) is 2.54. The molecular formula is C21H21ClN8O5S4. The van der Waals surface area contributed by atoms with Gasteiger partial charge in [-0.25, -0.2) is 9.78 Å². The van der Waals surface area contributed by atoms with Crippen molar-refractivity contribution in [2.24, 2.45) is 15.9 Å². The molecule has 206 valence electrons. The van der Waals surface area contributed by atoms with E-state index in [0.29, 0.717) is 10.7 Å². The lowest BCUT2D eigenvalue weighted by atomic mass is 10.0. The minimum Gasteiger partial charge on any atom is -0.477 e. The van der Waals surface area contributed by atoms with Crippen LogP contribution in [0.4, 0.5) is 5.13 Å². The molecule has 0 saturated carbocycles. The van der Waals surface area contributed by atoms with Crippen LogP contribution in [0.3, 0.4) is 0 Å². The molecule has 0 bridgehead atoms. The molecule has 1 fully saturated rings. The van der Waals surface area contributed by atoms with E-state index in [2.05, 4.69) is 25.5 Å². The number of nitroso groups, excluding NO2 is 1. The number of aromatic nitrogens is 2. The Balaban J connectivity index is 1.51. The van der Waals surface area contributed by atoms with E-state index in [0.717, 1.165) is 26.0 Å². The minimum atomic E-state index is -1.61. The van der Waals surface area contributed by atoms with Crippen molar-refractivity contribution in [1.82, 2.24) is 20.2 Å². The number of nitrogens with one attached hydrogen (secondary N) is 1. The Hall–Kier alpha value is -2.86. The highest BCUT2D eigenvalue weighted by Gasteiger charge is 2.55. The molecule has 4 rings (SSSR count). The second-order valence-electron chi connectivity index (χ2n) is 8.07. The number of carbonyl (C=O) groups is 3. The quantitative estimate of drug-likeness (QED) is 0.0931. The summed E-state index contributed by atoms with van der Waals surface area (Å²) in [7, 11) is 0. The molecule has 13 nitrogen and oxygen atoms in total. The van der Waals surface area contributed by atoms with Gasteiger partial charge in [-0.2, -0.15) is 0 Å². The molecule has 2 unspecified atom stereocenters. The first-order valence-electron chi connectivity index (χ1n) is 11.1. The fourth-order valence-electron chi connectivity index (χ4n) is 3.71. The largest absolute Gasteiger partial charge is 0.477 e. The molecule has 2 aromatic rings. The normalized spacial score (nSPS) is 20.4. The zero-order valence-electron chi connectivity index (χ0n) is 20.0. The molecule has 4 heterocycles. The van der Waals surface area contributed by atoms with E-state index in [1.54, 1.807) is 18.5 Å². The first-order chi connectivity index (χ1) is 18.7. The van der Waals surface area contributed by atoms with Crippen LogP contribution in [0.15, 0.2) is 49.0 Å². The summed E-state index contributed by atoms with van der Waals surface area (Å²) >= 11 is 10.9. The molecule has 2 aromatic heterocycles. The third-order valence-electron chi connectivity index (χ3n) is 5.47. The summed E-state index contributed by atoms with van der Waals surface area (Å²) in [5.74, 6) is -1.87. The maximum atomic E-state index is 13.1. The van der Waals surface area contributed by atoms with Crippen LogP contribution >= 0.6 is 58.2 Å². The van der Waals surface area contributed by atoms with E-state index in [1.807, 2.05) is 6.92 Å². The lowest BCUT2D eigenvalue weighted by Gasteiger charge is -2.49. The van der Waals surface area contributed by atoms with Gasteiger partial charge in [0, 0.05) is 38.6 Å². The molecule has 2 aliphatic heterocycles. The molecule has 0 radical (unpaired) electrons. The summed E-state index contributed by atoms with van der Waals surface area (Å²) < 4.78 is 0.0360. The number of aliphatic imine (C=N–C) groups is 1. The van der Waals surface area contributed by atoms with E-state index in [9.17, 15) is 24.4 Å². The monoisotopic (exact) mass is 628 g/mol. The Kier molecular flexibility index (Phi) is 9.37. The number of nitrogen functional groups attached to an aromatic ring is 1. The number of fused-ring (bicyclic) bond motifs is 1. The van der Waals surface area contributed by atoms with Crippen molar-refractivity contribution < 1.29 is 19.5 Å². The van der Waals surface area contributed by atoms with Crippen LogP contribution in [-0.4, -0.2) is 73.1 Å². The number of pyridine rings is 1. The average Bonchev–Trinajstić information content (AvgIpc) is 3.24. The van der Waals surface area contributed by atoms with Crippen molar-refractivity contribution in [3.63, 3.8) is 0 Å². The van der Waals surface area contributed by atoms with Gasteiger partial charge >= 0.3 is 5.97 Å². The molecule has 39 heavy (non-hydrogen) atoms. The number of thioether (sulfide) groups is 3. The van der Waals surface area contributed by atoms with Gasteiger partial charge in [0.2, 0.25) is 6.04 Å². The SMILES string of the molecule is CC(CSc1cnccc1SC1=C(C(=O)O)N2C(=O)[C@@H](NC(=O)C(N=O)c3nc(N)sc3Cl)[C@@H]2SC1)N=CN. The van der Waals surface area contributed by atoms with Gasteiger partial charge in [0.1, 0.15) is 27.1 Å². The fourth-order valence-corrected chi connectivity index (χ4v) is 8.31. The number of aliphatic carboxylic acids is 1. The van der Waals surface area contributed by atoms with Gasteiger partial charge in [-0.1, -0.05) is 34.7 Å². The number of carbonyl (C=O) groups excluding carboxylic acids is 2. The number of thiazole rings is 1. The van der Waals surface area contributed by atoms with Gasteiger partial charge in [-0.15, -0.1) is 28.4 Å². The maximum Gasteiger partial charge on any atom is 0.353 e. The smallest absolute Gasteiger partial charge is 0.353 e. The van der Waals surface area contributed by atoms with Crippen LogP contribution in [0.5, 0.6) is 0 Å². The van der Waals surface area contributed by atoms with Crippen molar-refractivity contribution in [2.75, 3.05) is 17.2 Å². The fraction of sp³-hybridized carbons (Fsp3) is 0.333. The number of anilines is 1. The summed E-state index contributed by atoms with van der Waals surface area (Å²) in [4.78, 5) is 64.9. The number of rotatable bonds is 11. The van der Waals surface area contributed by atoms with Crippen LogP contribution in [0.1, 0.15) is 18.7 Å². The molecule has 6 N–H and O–H groups in total. The van der Waals surface area contributed by atoms with Gasteiger partial charge in [-0.05, 0) is 18.2 Å². The Labute approximate surface area is 243 Å². The minimum absolute atomic E-state index is 0.0263. The summed E-state index contributed by atoms with van der Waals surface area (Å²) in [6.07, 6.45) is 4.54. The topological polar surface area (TPSA) is 206 Å². The number of carboxylic acid groups (broad SMARTS) is 1. The van der Waals surface area contributed by atoms with Gasteiger partial charge < -0.3 is 21.9 Å². The van der Waals surface area contributed by atoms with Gasteiger partial charge in [-0.3, -0.25) is 24.5 Å². The molecule has 0 spiro atoms. The van der Waals surface area contributed by atoms with Gasteiger partial charge in [0.15, 0.2) is 5.13 Å². The molecule has 1 saturated heterocycles. The van der Waals surface area contributed by atoms with Crippen LogP contribution in [0.2, 0.25) is 4.34 Å². The summed E-state index contributed by atoms with van der Waals surface area (Å²) in [6.45, 7) is 1.92. The van der Waals surface area contributed by atoms with Crippen LogP contribution in [-0.2, 0) is 14.4 Å². The number of hydrogen-bond donors (Lipinski definition) is 4. The highest BCUT2D eigenvalue weighted by atomic mass is 35.5. The Morgan fingerprint density at radius 2 is 2.21 bits per heavy atom. The third kappa shape index (κ3) is 6.16. The zero-order valence-corrected chi connectivity index (χ0v) is 24.0. The molecule has 2 aliphatic rings. The summed E-state index contributed by atoms with van der Waals surface area (Å²) in [6, 6.07) is -0.916. The Bertz CT molecular complexity index is 1370. The van der Waals surface area contributed by atoms with Crippen LogP contribution in [0.25, 0.3) is 0 Å². The number of hydrogen-bond acceptors (Lipinski definition) is 13. The highest BCUT2D eigenvalue weighted by molar-refractivity contribution is 8.07. The van der Waals surface area contributed by atoms with E-state index >= 15 is 0 Å². The zero-order chi connectivity index (χ0) is 28.3. The molecule has 18 heteroatoms. The second kappa shape index (κ2) is 12.5. The summed E-state index contributed by atoms with van der Waals surface area (Å²) in [5.41, 5.74) is 10.7. The molecule has 2 amide bonds. The Morgan fingerprint density at radius 3 is 2.85 bits per heavy atom. The van der Waals surface area contributed by atoms with Crippen molar-refractivity contribution in [3.05, 3.63) is 44.0 Å². The standard InChI is InChI=1S/C21H21ClN8O5S4/c1-8(26-7-23)5-36-10-4-25-3-2-9(10)38-11-6-37-19-14(18(32)30(19)15(11)20(33)34)27-17(31)13(29-35)12-16(22)39-21(24)28-12/h2-4,7-8,13-14,19H,5-6H2,1H3,(H2,23,26)(H2,24,28)(H,27,31)(H,33,34)/t8?,13?,14-,19+/m1/s1. The van der Waals surface area contributed by atoms with E-state index in [4.69, 9.17) is 23.1 Å². The summed E-state index contributed by atoms with van der Waals surface area (Å²) in [5, 5.41) is 14.7. The van der Waals surface area contributed by atoms with E-state index in [1.165, 1.54) is 41.6 Å². The number of carboxylic acids is 1. The van der Waals surface area contributed by atoms with Crippen molar-refractivity contribution in [3.8, 4) is 0 Å². The first-order valence-corrected chi connectivity index (χ1v) is 15.1. The predicted molar refractivity (Wildman–Crippen MR) is 153 cm³/mol. The van der Waals surface area contributed by atoms with Crippen molar-refractivity contribution >= 4 is 87.5 Å². The lowest BCUT2D eigenvalue weighted by Crippen LogP contribution is -2.70. The van der Waals surface area contributed by atoms with Crippen LogP contribution in [0, 0.1) is 4.91 Å². The number of β-lactam (4-membered cyclic amide) rings is 1. The number of nitrogens with two attached hydrogens (primary N) is 2. The highest BCUT2D eigenvalue weighted by Crippen LogP contribution is 2.46. The third-order valence-corrected chi connectivity index (χ3v) is 10.6. The second-order valence-corrected chi connectivity index (χ2v) is 13.0. The van der Waals surface area contributed by atoms with Crippen LogP contribution < -0.4 is 16.8 Å². The van der Waals surface area contributed by atoms with Crippen molar-refractivity contribution in [2.45, 2.75) is 40.2 Å². The number of nitrogens with zero attached hydrogens (tertiary/aromatic N) is 5. The Morgan fingerprint density at radius 1 is 1.44 bits per heavy atom. The van der Waals surface area contributed by atoms with Crippen molar-refractivity contribution in [1.29, 1.82) is 0 Å². The lowest BCUT2D eigenvalue weighted by molar-refractivity contribution is -0.150. The molecule has 4 atom stereocenters. The van der Waals surface area contributed by atoms with Gasteiger partial charge in [0.25, 0.3) is 11.8 Å². The molecular weight excluding hydrogens is 608 g/mol. The number of amides is 2. The maximum absolute atomic E-state index is 13.1. The van der Waals surface area contributed by atoms with Gasteiger partial charge in [0.05, 0.1) is 12.4 Å². The number of halogens is 1. The average molecular weight is 629 g/mol.